The third-order valence-electron chi connectivity index (χ3n) is 4.47. The number of hydrogen-bond donors (Lipinski definition) is 1. The molecule has 130 valence electrons. The number of carbonyl (C=O) groups is 2. The molecular weight excluding hydrogens is 318 g/mol. The SMILES string of the molecule is COc1ccc(N(C)C(=O)c2ccc(NC(=O)C3CC3C)cc2)cn1. The molecule has 1 fully saturated rings. The molecule has 1 heterocycles. The van der Waals surface area contributed by atoms with Gasteiger partial charge in [-0.15, -0.1) is 0 Å². The number of amides is 2. The Morgan fingerprint density at radius 1 is 1.20 bits per heavy atom. The maximum atomic E-state index is 12.6. The number of hydrogen-bond acceptors (Lipinski definition) is 4. The predicted octanol–water partition coefficient (Wildman–Crippen LogP) is 2.96. The molecule has 0 saturated heterocycles. The van der Waals surface area contributed by atoms with Gasteiger partial charge < -0.3 is 15.0 Å². The molecule has 1 aromatic carbocycles. The van der Waals surface area contributed by atoms with Crippen LogP contribution < -0.4 is 15.0 Å². The van der Waals surface area contributed by atoms with Gasteiger partial charge in [0.1, 0.15) is 0 Å². The number of anilines is 2. The summed E-state index contributed by atoms with van der Waals surface area (Å²) in [6.45, 7) is 2.07. The summed E-state index contributed by atoms with van der Waals surface area (Å²) < 4.78 is 5.02. The summed E-state index contributed by atoms with van der Waals surface area (Å²) in [5.74, 6) is 0.978. The molecule has 0 spiro atoms. The van der Waals surface area contributed by atoms with Crippen molar-refractivity contribution in [2.75, 3.05) is 24.4 Å². The van der Waals surface area contributed by atoms with Crippen LogP contribution in [-0.2, 0) is 4.79 Å². The second-order valence-electron chi connectivity index (χ2n) is 6.31. The topological polar surface area (TPSA) is 71.5 Å². The quantitative estimate of drug-likeness (QED) is 0.909. The highest BCUT2D eigenvalue weighted by atomic mass is 16.5. The number of nitrogens with zero attached hydrogens (tertiary/aromatic N) is 2. The van der Waals surface area contributed by atoms with Gasteiger partial charge in [0, 0.05) is 30.3 Å². The van der Waals surface area contributed by atoms with E-state index in [9.17, 15) is 9.59 Å². The second-order valence-corrected chi connectivity index (χ2v) is 6.31. The van der Waals surface area contributed by atoms with Crippen LogP contribution >= 0.6 is 0 Å². The number of methoxy groups -OCH3 is 1. The van der Waals surface area contributed by atoms with Crippen molar-refractivity contribution >= 4 is 23.2 Å². The predicted molar refractivity (Wildman–Crippen MR) is 95.9 cm³/mol. The lowest BCUT2D eigenvalue weighted by Crippen LogP contribution is -2.26. The molecule has 0 bridgehead atoms. The van der Waals surface area contributed by atoms with E-state index in [1.165, 1.54) is 4.90 Å². The highest BCUT2D eigenvalue weighted by Crippen LogP contribution is 2.38. The summed E-state index contributed by atoms with van der Waals surface area (Å²) in [7, 11) is 3.23. The summed E-state index contributed by atoms with van der Waals surface area (Å²) >= 11 is 0. The maximum absolute atomic E-state index is 12.6. The molecule has 1 aliphatic rings. The monoisotopic (exact) mass is 339 g/mol. The van der Waals surface area contributed by atoms with E-state index in [-0.39, 0.29) is 17.7 Å². The Morgan fingerprint density at radius 3 is 2.40 bits per heavy atom. The Balaban J connectivity index is 1.66. The molecule has 2 unspecified atom stereocenters. The van der Waals surface area contributed by atoms with E-state index in [1.54, 1.807) is 56.8 Å². The Hall–Kier alpha value is -2.89. The van der Waals surface area contributed by atoms with Gasteiger partial charge in [-0.3, -0.25) is 9.59 Å². The Labute approximate surface area is 146 Å². The zero-order chi connectivity index (χ0) is 18.0. The van der Waals surface area contributed by atoms with Crippen molar-refractivity contribution < 1.29 is 14.3 Å². The van der Waals surface area contributed by atoms with E-state index in [0.29, 0.717) is 28.7 Å². The fraction of sp³-hybridized carbons (Fsp3) is 0.316. The molecule has 2 atom stereocenters. The zero-order valence-corrected chi connectivity index (χ0v) is 14.5. The minimum Gasteiger partial charge on any atom is -0.481 e. The number of pyridine rings is 1. The first-order chi connectivity index (χ1) is 12.0. The fourth-order valence-electron chi connectivity index (χ4n) is 2.62. The number of rotatable bonds is 5. The van der Waals surface area contributed by atoms with E-state index in [4.69, 9.17) is 4.74 Å². The summed E-state index contributed by atoms with van der Waals surface area (Å²) in [6, 6.07) is 10.4. The molecule has 2 aromatic rings. The van der Waals surface area contributed by atoms with Crippen LogP contribution in [0.5, 0.6) is 5.88 Å². The third kappa shape index (κ3) is 3.79. The highest BCUT2D eigenvalue weighted by Gasteiger charge is 2.39. The molecule has 0 aliphatic heterocycles. The zero-order valence-electron chi connectivity index (χ0n) is 14.5. The fourth-order valence-corrected chi connectivity index (χ4v) is 2.62. The van der Waals surface area contributed by atoms with Gasteiger partial charge in [0.2, 0.25) is 11.8 Å². The van der Waals surface area contributed by atoms with Crippen molar-refractivity contribution in [1.29, 1.82) is 0 Å². The Bertz CT molecular complexity index is 772. The number of ether oxygens (including phenoxy) is 1. The van der Waals surface area contributed by atoms with Crippen LogP contribution in [0, 0.1) is 11.8 Å². The van der Waals surface area contributed by atoms with Crippen molar-refractivity contribution in [1.82, 2.24) is 4.98 Å². The Morgan fingerprint density at radius 2 is 1.88 bits per heavy atom. The van der Waals surface area contributed by atoms with Crippen molar-refractivity contribution in [3.05, 3.63) is 48.2 Å². The van der Waals surface area contributed by atoms with Crippen LogP contribution in [0.2, 0.25) is 0 Å². The summed E-state index contributed by atoms with van der Waals surface area (Å²) in [6.07, 6.45) is 2.53. The van der Waals surface area contributed by atoms with Gasteiger partial charge in [0.05, 0.1) is 19.0 Å². The van der Waals surface area contributed by atoms with E-state index in [2.05, 4.69) is 17.2 Å². The lowest BCUT2D eigenvalue weighted by molar-refractivity contribution is -0.117. The first kappa shape index (κ1) is 17.0. The average Bonchev–Trinajstić information content (AvgIpc) is 3.38. The number of aromatic nitrogens is 1. The van der Waals surface area contributed by atoms with Gasteiger partial charge in [-0.05, 0) is 42.7 Å². The minimum absolute atomic E-state index is 0.0491. The van der Waals surface area contributed by atoms with Crippen molar-refractivity contribution in [3.63, 3.8) is 0 Å². The van der Waals surface area contributed by atoms with E-state index < -0.39 is 0 Å². The maximum Gasteiger partial charge on any atom is 0.258 e. The van der Waals surface area contributed by atoms with Gasteiger partial charge >= 0.3 is 0 Å². The molecule has 1 aliphatic carbocycles. The minimum atomic E-state index is -0.152. The van der Waals surface area contributed by atoms with Crippen LogP contribution in [0.25, 0.3) is 0 Å². The molecule has 1 aromatic heterocycles. The molecule has 2 amide bonds. The van der Waals surface area contributed by atoms with Crippen LogP contribution in [0.3, 0.4) is 0 Å². The van der Waals surface area contributed by atoms with E-state index in [0.717, 1.165) is 6.42 Å². The van der Waals surface area contributed by atoms with Gasteiger partial charge in [-0.25, -0.2) is 4.98 Å². The second kappa shape index (κ2) is 6.93. The van der Waals surface area contributed by atoms with Crippen LogP contribution in [0.15, 0.2) is 42.6 Å². The lowest BCUT2D eigenvalue weighted by atomic mass is 10.1. The largest absolute Gasteiger partial charge is 0.481 e. The van der Waals surface area contributed by atoms with Gasteiger partial charge in [-0.2, -0.15) is 0 Å². The molecule has 3 rings (SSSR count). The van der Waals surface area contributed by atoms with Crippen LogP contribution in [0.1, 0.15) is 23.7 Å². The summed E-state index contributed by atoms with van der Waals surface area (Å²) in [4.78, 5) is 30.1. The molecule has 6 heteroatoms. The summed E-state index contributed by atoms with van der Waals surface area (Å²) in [5.41, 5.74) is 1.91. The molecule has 25 heavy (non-hydrogen) atoms. The lowest BCUT2D eigenvalue weighted by Gasteiger charge is -2.17. The average molecular weight is 339 g/mol. The summed E-state index contributed by atoms with van der Waals surface area (Å²) in [5, 5.41) is 2.89. The smallest absolute Gasteiger partial charge is 0.258 e. The number of benzene rings is 1. The van der Waals surface area contributed by atoms with Gasteiger partial charge in [0.15, 0.2) is 0 Å². The molecule has 1 saturated carbocycles. The van der Waals surface area contributed by atoms with Gasteiger partial charge in [-0.1, -0.05) is 6.92 Å². The van der Waals surface area contributed by atoms with E-state index >= 15 is 0 Å². The van der Waals surface area contributed by atoms with Crippen LogP contribution in [0.4, 0.5) is 11.4 Å². The number of nitrogens with one attached hydrogen (secondary N) is 1. The van der Waals surface area contributed by atoms with Crippen LogP contribution in [-0.4, -0.2) is 31.0 Å². The normalized spacial score (nSPS) is 18.4. The molecule has 0 radical (unpaired) electrons. The molecule has 6 nitrogen and oxygen atoms in total. The van der Waals surface area contributed by atoms with Crippen molar-refractivity contribution in [2.24, 2.45) is 11.8 Å². The highest BCUT2D eigenvalue weighted by molar-refractivity contribution is 6.06. The van der Waals surface area contributed by atoms with Crippen molar-refractivity contribution in [2.45, 2.75) is 13.3 Å². The Kier molecular flexibility index (Phi) is 4.70. The number of carbonyl (C=O) groups excluding carboxylic acids is 2. The van der Waals surface area contributed by atoms with Gasteiger partial charge in [0.25, 0.3) is 5.91 Å². The third-order valence-corrected chi connectivity index (χ3v) is 4.47. The standard InChI is InChI=1S/C19H21N3O3/c1-12-10-16(12)18(23)21-14-6-4-13(5-7-14)19(24)22(2)15-8-9-17(25-3)20-11-15/h4-9,11-12,16H,10H2,1-3H3,(H,21,23). The molecule has 1 N–H and O–H groups in total. The first-order valence-electron chi connectivity index (χ1n) is 8.18. The first-order valence-corrected chi connectivity index (χ1v) is 8.18. The van der Waals surface area contributed by atoms with E-state index in [1.807, 2.05) is 0 Å². The van der Waals surface area contributed by atoms with Crippen molar-refractivity contribution in [3.8, 4) is 5.88 Å². The molecular formula is C19H21N3O3.